The van der Waals surface area contributed by atoms with Gasteiger partial charge in [-0.3, -0.25) is 24.5 Å². The predicted molar refractivity (Wildman–Crippen MR) is 78.3 cm³/mol. The third-order valence-electron chi connectivity index (χ3n) is 3.29. The minimum atomic E-state index is -0.450. The number of nitrogen functional groups attached to an aromatic ring is 1. The normalized spacial score (nSPS) is 17.0. The molecule has 8 nitrogen and oxygen atoms in total. The Kier molecular flexibility index (Phi) is 3.05. The molecule has 0 bridgehead atoms. The molecular formula is C13H14N6O2. The van der Waals surface area contributed by atoms with Crippen LogP contribution in [0.5, 0.6) is 0 Å². The van der Waals surface area contributed by atoms with Crippen molar-refractivity contribution < 1.29 is 4.79 Å². The van der Waals surface area contributed by atoms with Crippen LogP contribution in [-0.4, -0.2) is 33.4 Å². The number of carbonyl (C=O) groups excluding carboxylic acids is 1. The summed E-state index contributed by atoms with van der Waals surface area (Å²) in [6.07, 6.45) is 3.05. The first-order valence-electron chi connectivity index (χ1n) is 6.45. The number of fused-ring (bicyclic) bond motifs is 1. The zero-order valence-electron chi connectivity index (χ0n) is 11.3. The lowest BCUT2D eigenvalue weighted by molar-refractivity contribution is 0.0978. The molecule has 108 valence electrons. The molecule has 1 atom stereocenters. The van der Waals surface area contributed by atoms with Crippen LogP contribution in [0, 0.1) is 0 Å². The largest absolute Gasteiger partial charge is 0.369 e. The summed E-state index contributed by atoms with van der Waals surface area (Å²) in [5.41, 5.74) is 5.67. The second-order valence-corrected chi connectivity index (χ2v) is 4.80. The van der Waals surface area contributed by atoms with Gasteiger partial charge in [-0.05, 0) is 19.1 Å². The van der Waals surface area contributed by atoms with Crippen LogP contribution in [0.1, 0.15) is 17.3 Å². The summed E-state index contributed by atoms with van der Waals surface area (Å²) in [5.74, 6) is 0.0246. The molecule has 2 aromatic rings. The Bertz CT molecular complexity index is 742. The van der Waals surface area contributed by atoms with Gasteiger partial charge < -0.3 is 11.1 Å². The quantitative estimate of drug-likeness (QED) is 0.689. The number of pyridine rings is 1. The lowest BCUT2D eigenvalue weighted by Crippen LogP contribution is -2.49. The SMILES string of the molecule is CC1CNc2nc(N)[nH]c(=O)c2N1C(=O)c1cccnc1. The molecule has 4 N–H and O–H groups in total. The van der Waals surface area contributed by atoms with Crippen molar-refractivity contribution in [2.75, 3.05) is 22.5 Å². The Balaban J connectivity index is 2.12. The minimum Gasteiger partial charge on any atom is -0.369 e. The molecule has 21 heavy (non-hydrogen) atoms. The van der Waals surface area contributed by atoms with Gasteiger partial charge in [-0.1, -0.05) is 0 Å². The summed E-state index contributed by atoms with van der Waals surface area (Å²) in [5, 5.41) is 3.01. The molecule has 1 aliphatic rings. The van der Waals surface area contributed by atoms with Crippen LogP contribution in [0.4, 0.5) is 17.5 Å². The Labute approximate surface area is 120 Å². The first kappa shape index (κ1) is 13.1. The summed E-state index contributed by atoms with van der Waals surface area (Å²) in [7, 11) is 0. The van der Waals surface area contributed by atoms with Crippen molar-refractivity contribution in [1.29, 1.82) is 0 Å². The third kappa shape index (κ3) is 2.20. The molecule has 3 rings (SSSR count). The fraction of sp³-hybridized carbons (Fsp3) is 0.231. The van der Waals surface area contributed by atoms with Crippen molar-refractivity contribution in [3.05, 3.63) is 40.4 Å². The number of carbonyl (C=O) groups is 1. The highest BCUT2D eigenvalue weighted by Crippen LogP contribution is 2.27. The highest BCUT2D eigenvalue weighted by Gasteiger charge is 2.32. The second kappa shape index (κ2) is 4.89. The van der Waals surface area contributed by atoms with Crippen LogP contribution < -0.4 is 21.5 Å². The van der Waals surface area contributed by atoms with Crippen LogP contribution in [0.2, 0.25) is 0 Å². The minimum absolute atomic E-state index is 0.00887. The van der Waals surface area contributed by atoms with Crippen LogP contribution in [-0.2, 0) is 0 Å². The smallest absolute Gasteiger partial charge is 0.278 e. The Morgan fingerprint density at radius 2 is 2.33 bits per heavy atom. The Morgan fingerprint density at radius 1 is 1.52 bits per heavy atom. The maximum atomic E-state index is 12.7. The van der Waals surface area contributed by atoms with Crippen molar-refractivity contribution in [3.8, 4) is 0 Å². The Hall–Kier alpha value is -2.90. The maximum absolute atomic E-state index is 12.7. The fourth-order valence-electron chi connectivity index (χ4n) is 2.32. The molecule has 3 heterocycles. The fourth-order valence-corrected chi connectivity index (χ4v) is 2.32. The van der Waals surface area contributed by atoms with Crippen molar-refractivity contribution >= 4 is 23.4 Å². The summed E-state index contributed by atoms with van der Waals surface area (Å²) >= 11 is 0. The molecule has 1 unspecified atom stereocenters. The number of hydrogen-bond donors (Lipinski definition) is 3. The number of anilines is 3. The highest BCUT2D eigenvalue weighted by atomic mass is 16.2. The summed E-state index contributed by atoms with van der Waals surface area (Å²) < 4.78 is 0. The van der Waals surface area contributed by atoms with Gasteiger partial charge in [0.1, 0.15) is 0 Å². The number of nitrogens with two attached hydrogens (primary N) is 1. The average Bonchev–Trinajstić information content (AvgIpc) is 2.48. The van der Waals surface area contributed by atoms with E-state index in [1.54, 1.807) is 18.3 Å². The number of H-pyrrole nitrogens is 1. The lowest BCUT2D eigenvalue weighted by Gasteiger charge is -2.34. The van der Waals surface area contributed by atoms with Crippen molar-refractivity contribution in [2.24, 2.45) is 0 Å². The topological polar surface area (TPSA) is 117 Å². The monoisotopic (exact) mass is 286 g/mol. The molecule has 0 aliphatic carbocycles. The van der Waals surface area contributed by atoms with Crippen molar-refractivity contribution in [1.82, 2.24) is 15.0 Å². The van der Waals surface area contributed by atoms with Gasteiger partial charge in [0.2, 0.25) is 5.95 Å². The molecule has 8 heteroatoms. The van der Waals surface area contributed by atoms with E-state index >= 15 is 0 Å². The van der Waals surface area contributed by atoms with E-state index in [2.05, 4.69) is 20.3 Å². The van der Waals surface area contributed by atoms with Crippen LogP contribution in [0.3, 0.4) is 0 Å². The van der Waals surface area contributed by atoms with Crippen molar-refractivity contribution in [3.63, 3.8) is 0 Å². The van der Waals surface area contributed by atoms with E-state index in [0.29, 0.717) is 17.9 Å². The number of amides is 1. The third-order valence-corrected chi connectivity index (χ3v) is 3.29. The van der Waals surface area contributed by atoms with Gasteiger partial charge in [0, 0.05) is 18.9 Å². The number of nitrogens with zero attached hydrogens (tertiary/aromatic N) is 3. The Morgan fingerprint density at radius 3 is 3.05 bits per heavy atom. The average molecular weight is 286 g/mol. The number of rotatable bonds is 1. The van der Waals surface area contributed by atoms with E-state index in [1.165, 1.54) is 11.1 Å². The number of aromatic amines is 1. The van der Waals surface area contributed by atoms with Gasteiger partial charge in [-0.15, -0.1) is 0 Å². The van der Waals surface area contributed by atoms with E-state index < -0.39 is 5.56 Å². The van der Waals surface area contributed by atoms with E-state index in [1.807, 2.05) is 6.92 Å². The highest BCUT2D eigenvalue weighted by molar-refractivity contribution is 6.08. The zero-order chi connectivity index (χ0) is 15.0. The maximum Gasteiger partial charge on any atom is 0.278 e. The molecule has 1 amide bonds. The van der Waals surface area contributed by atoms with E-state index in [4.69, 9.17) is 5.73 Å². The van der Waals surface area contributed by atoms with Gasteiger partial charge >= 0.3 is 0 Å². The number of aromatic nitrogens is 3. The molecule has 1 aliphatic heterocycles. The van der Waals surface area contributed by atoms with Gasteiger partial charge in [0.15, 0.2) is 11.5 Å². The first-order valence-corrected chi connectivity index (χ1v) is 6.45. The summed E-state index contributed by atoms with van der Waals surface area (Å²) in [6, 6.07) is 3.13. The van der Waals surface area contributed by atoms with Crippen LogP contribution in [0.15, 0.2) is 29.3 Å². The molecule has 0 saturated carbocycles. The van der Waals surface area contributed by atoms with Crippen LogP contribution >= 0.6 is 0 Å². The van der Waals surface area contributed by atoms with E-state index in [9.17, 15) is 9.59 Å². The zero-order valence-corrected chi connectivity index (χ0v) is 11.3. The van der Waals surface area contributed by atoms with Gasteiger partial charge in [-0.25, -0.2) is 0 Å². The molecule has 0 fully saturated rings. The molecule has 0 radical (unpaired) electrons. The van der Waals surface area contributed by atoms with E-state index in [0.717, 1.165) is 0 Å². The summed E-state index contributed by atoms with van der Waals surface area (Å²) in [4.78, 5) is 36.6. The van der Waals surface area contributed by atoms with Gasteiger partial charge in [0.25, 0.3) is 11.5 Å². The van der Waals surface area contributed by atoms with Gasteiger partial charge in [-0.2, -0.15) is 4.98 Å². The van der Waals surface area contributed by atoms with Crippen LogP contribution in [0.25, 0.3) is 0 Å². The lowest BCUT2D eigenvalue weighted by atomic mass is 10.1. The molecule has 0 saturated heterocycles. The number of nitrogens with one attached hydrogen (secondary N) is 2. The summed E-state index contributed by atoms with van der Waals surface area (Å²) in [6.45, 7) is 2.33. The standard InChI is InChI=1S/C13H14N6O2/c1-7-5-16-10-9(11(20)18-13(14)17-10)19(7)12(21)8-3-2-4-15-6-8/h2-4,6-7H,5H2,1H3,(H4,14,16,17,18,20). The second-order valence-electron chi connectivity index (χ2n) is 4.80. The molecule has 2 aromatic heterocycles. The molecule has 0 spiro atoms. The first-order chi connectivity index (χ1) is 10.1. The van der Waals surface area contributed by atoms with E-state index in [-0.39, 0.29) is 23.6 Å². The predicted octanol–water partition coefficient (Wildman–Crippen LogP) is 0.208. The molecular weight excluding hydrogens is 272 g/mol. The van der Waals surface area contributed by atoms with Gasteiger partial charge in [0.05, 0.1) is 11.6 Å². The van der Waals surface area contributed by atoms with Crippen molar-refractivity contribution in [2.45, 2.75) is 13.0 Å². The molecule has 0 aromatic carbocycles. The number of hydrogen-bond acceptors (Lipinski definition) is 6.